The molecule has 0 bridgehead atoms. The summed E-state index contributed by atoms with van der Waals surface area (Å²) in [5.74, 6) is 1.14. The van der Waals surface area contributed by atoms with Crippen LogP contribution in [0.1, 0.15) is 61.0 Å². The first kappa shape index (κ1) is 18.6. The van der Waals surface area contributed by atoms with Gasteiger partial charge < -0.3 is 4.90 Å². The van der Waals surface area contributed by atoms with Crippen LogP contribution in [0.25, 0.3) is 0 Å². The van der Waals surface area contributed by atoms with Crippen LogP contribution in [0, 0.1) is 0 Å². The quantitative estimate of drug-likeness (QED) is 0.874. The third kappa shape index (κ3) is 3.43. The van der Waals surface area contributed by atoms with E-state index in [2.05, 4.69) is 29.1 Å². The van der Waals surface area contributed by atoms with Crippen molar-refractivity contribution in [1.82, 2.24) is 19.9 Å². The lowest BCUT2D eigenvalue weighted by Gasteiger charge is -2.40. The Morgan fingerprint density at radius 3 is 2.85 bits per heavy atom. The predicted octanol–water partition coefficient (Wildman–Crippen LogP) is 2.90. The molecule has 1 atom stereocenters. The van der Waals surface area contributed by atoms with Crippen molar-refractivity contribution in [3.05, 3.63) is 37.7 Å². The van der Waals surface area contributed by atoms with Gasteiger partial charge >= 0.3 is 0 Å². The number of hydrogen-bond acceptors (Lipinski definition) is 6. The number of hydrogen-bond donors (Lipinski definition) is 1. The van der Waals surface area contributed by atoms with Crippen molar-refractivity contribution in [1.29, 1.82) is 0 Å². The van der Waals surface area contributed by atoms with Crippen molar-refractivity contribution in [3.63, 3.8) is 0 Å². The van der Waals surface area contributed by atoms with Gasteiger partial charge in [0.2, 0.25) is 5.95 Å². The Kier molecular flexibility index (Phi) is 4.84. The van der Waals surface area contributed by atoms with Gasteiger partial charge in [-0.1, -0.05) is 13.8 Å². The van der Waals surface area contributed by atoms with Gasteiger partial charge in [0.15, 0.2) is 0 Å². The molecular formula is C20H29N5OS. The number of piperidine rings is 1. The summed E-state index contributed by atoms with van der Waals surface area (Å²) >= 11 is 1.77. The summed E-state index contributed by atoms with van der Waals surface area (Å²) in [6.07, 6.45) is 4.14. The van der Waals surface area contributed by atoms with E-state index in [9.17, 15) is 4.79 Å². The third-order valence-electron chi connectivity index (χ3n) is 5.96. The van der Waals surface area contributed by atoms with Gasteiger partial charge in [-0.25, -0.2) is 9.97 Å². The van der Waals surface area contributed by atoms with Crippen molar-refractivity contribution in [3.8, 4) is 0 Å². The van der Waals surface area contributed by atoms with Gasteiger partial charge in [0.1, 0.15) is 5.01 Å². The van der Waals surface area contributed by atoms with E-state index in [0.29, 0.717) is 11.9 Å². The van der Waals surface area contributed by atoms with Gasteiger partial charge in [0.25, 0.3) is 5.56 Å². The molecule has 2 aromatic rings. The van der Waals surface area contributed by atoms with E-state index < -0.39 is 0 Å². The van der Waals surface area contributed by atoms with Crippen LogP contribution >= 0.6 is 11.3 Å². The van der Waals surface area contributed by atoms with E-state index >= 15 is 0 Å². The van der Waals surface area contributed by atoms with Gasteiger partial charge in [-0.2, -0.15) is 0 Å². The third-order valence-corrected chi connectivity index (χ3v) is 6.81. The second-order valence-corrected chi connectivity index (χ2v) is 9.47. The Morgan fingerprint density at radius 2 is 2.15 bits per heavy atom. The normalized spacial score (nSPS) is 22.6. The van der Waals surface area contributed by atoms with Crippen LogP contribution in [0.3, 0.4) is 0 Å². The molecule has 1 fully saturated rings. The zero-order valence-corrected chi connectivity index (χ0v) is 17.5. The maximum Gasteiger partial charge on any atom is 0.255 e. The van der Waals surface area contributed by atoms with Crippen molar-refractivity contribution in [2.24, 2.45) is 0 Å². The molecule has 4 rings (SSSR count). The van der Waals surface area contributed by atoms with Crippen LogP contribution < -0.4 is 10.5 Å². The number of anilines is 1. The number of nitrogens with zero attached hydrogens (tertiary/aromatic N) is 4. The maximum atomic E-state index is 12.6. The molecule has 0 aromatic carbocycles. The number of fused-ring (bicyclic) bond motifs is 2. The summed E-state index contributed by atoms with van der Waals surface area (Å²) in [4.78, 5) is 29.6. The van der Waals surface area contributed by atoms with E-state index in [4.69, 9.17) is 9.97 Å². The molecule has 0 radical (unpaired) electrons. The van der Waals surface area contributed by atoms with Crippen molar-refractivity contribution in [2.75, 3.05) is 32.1 Å². The van der Waals surface area contributed by atoms with E-state index in [1.165, 1.54) is 10.7 Å². The molecule has 1 aliphatic heterocycles. The molecule has 2 aliphatic rings. The lowest BCUT2D eigenvalue weighted by molar-refractivity contribution is 0.136. The molecule has 3 heterocycles. The van der Waals surface area contributed by atoms with Crippen LogP contribution in [0.4, 0.5) is 5.95 Å². The Morgan fingerprint density at radius 1 is 1.33 bits per heavy atom. The van der Waals surface area contributed by atoms with Gasteiger partial charge in [0.05, 0.1) is 17.9 Å². The minimum atomic E-state index is 0.0186. The molecular weight excluding hydrogens is 358 g/mol. The Balaban J connectivity index is 1.59. The second-order valence-electron chi connectivity index (χ2n) is 8.53. The Bertz CT molecular complexity index is 887. The van der Waals surface area contributed by atoms with Crippen LogP contribution in [-0.4, -0.2) is 47.0 Å². The molecule has 2 aromatic heterocycles. The van der Waals surface area contributed by atoms with Crippen LogP contribution in [0.15, 0.2) is 10.2 Å². The summed E-state index contributed by atoms with van der Waals surface area (Å²) < 4.78 is 0. The Hall–Kier alpha value is -1.73. The minimum Gasteiger partial charge on any atom is -0.348 e. The zero-order valence-electron chi connectivity index (χ0n) is 16.7. The summed E-state index contributed by atoms with van der Waals surface area (Å²) in [6, 6.07) is 0. The number of aromatic amines is 1. The van der Waals surface area contributed by atoms with Gasteiger partial charge in [-0.15, -0.1) is 11.3 Å². The fraction of sp³-hybridized carbons (Fsp3) is 0.650. The molecule has 1 aliphatic carbocycles. The summed E-state index contributed by atoms with van der Waals surface area (Å²) in [6.45, 7) is 7.35. The highest BCUT2D eigenvalue weighted by molar-refractivity contribution is 7.09. The lowest BCUT2D eigenvalue weighted by atomic mass is 9.77. The lowest BCUT2D eigenvalue weighted by Crippen LogP contribution is -2.45. The highest BCUT2D eigenvalue weighted by Crippen LogP contribution is 2.43. The fourth-order valence-electron chi connectivity index (χ4n) is 4.46. The molecule has 1 saturated heterocycles. The molecule has 0 saturated carbocycles. The molecule has 27 heavy (non-hydrogen) atoms. The van der Waals surface area contributed by atoms with Crippen molar-refractivity contribution in [2.45, 2.75) is 57.4 Å². The number of thiazole rings is 1. The SMILES string of the molecule is CC(C)c1csc(CN2CCCC3(CCc4c3nc(N(C)C)[nH]c4=O)C2)n1. The predicted molar refractivity (Wildman–Crippen MR) is 110 cm³/mol. The summed E-state index contributed by atoms with van der Waals surface area (Å²) in [5.41, 5.74) is 3.20. The van der Waals surface area contributed by atoms with Crippen LogP contribution in [0.5, 0.6) is 0 Å². The molecule has 1 N–H and O–H groups in total. The monoisotopic (exact) mass is 387 g/mol. The number of likely N-dealkylation sites (tertiary alicyclic amines) is 1. The van der Waals surface area contributed by atoms with Gasteiger partial charge in [-0.3, -0.25) is 14.7 Å². The second kappa shape index (κ2) is 7.02. The largest absolute Gasteiger partial charge is 0.348 e. The van der Waals surface area contributed by atoms with E-state index in [-0.39, 0.29) is 11.0 Å². The summed E-state index contributed by atoms with van der Waals surface area (Å²) in [5, 5.41) is 3.39. The number of aromatic nitrogens is 3. The molecule has 0 amide bonds. The average molecular weight is 388 g/mol. The minimum absolute atomic E-state index is 0.0186. The molecule has 7 heteroatoms. The van der Waals surface area contributed by atoms with Crippen molar-refractivity contribution < 1.29 is 0 Å². The first-order valence-electron chi connectivity index (χ1n) is 9.85. The average Bonchev–Trinajstić information content (AvgIpc) is 3.21. The van der Waals surface area contributed by atoms with Crippen molar-refractivity contribution >= 4 is 17.3 Å². The Labute approximate surface area is 164 Å². The highest BCUT2D eigenvalue weighted by Gasteiger charge is 2.44. The summed E-state index contributed by atoms with van der Waals surface area (Å²) in [7, 11) is 3.85. The first-order chi connectivity index (χ1) is 12.9. The molecule has 1 spiro atoms. The zero-order chi connectivity index (χ0) is 19.2. The first-order valence-corrected chi connectivity index (χ1v) is 10.7. The fourth-order valence-corrected chi connectivity index (χ4v) is 5.46. The highest BCUT2D eigenvalue weighted by atomic mass is 32.1. The van der Waals surface area contributed by atoms with Crippen LogP contribution in [-0.2, 0) is 18.4 Å². The molecule has 1 unspecified atom stereocenters. The van der Waals surface area contributed by atoms with Crippen LogP contribution in [0.2, 0.25) is 0 Å². The van der Waals surface area contributed by atoms with Gasteiger partial charge in [-0.05, 0) is 38.1 Å². The number of H-pyrrole nitrogens is 1. The number of nitrogens with one attached hydrogen (secondary N) is 1. The van der Waals surface area contributed by atoms with Gasteiger partial charge in [0, 0.05) is 37.0 Å². The molecule has 146 valence electrons. The smallest absolute Gasteiger partial charge is 0.255 e. The standard InChI is InChI=1S/C20H29N5OS/c1-13(2)15-11-27-16(21-15)10-25-9-5-7-20(12-25)8-6-14-17(20)22-19(24(3)4)23-18(14)26/h11,13H,5-10,12H2,1-4H3,(H,22,23,26). The van der Waals surface area contributed by atoms with E-state index in [0.717, 1.165) is 56.6 Å². The molecule has 6 nitrogen and oxygen atoms in total. The topological polar surface area (TPSA) is 65.1 Å². The van der Waals surface area contributed by atoms with E-state index in [1.54, 1.807) is 11.3 Å². The maximum absolute atomic E-state index is 12.6. The number of rotatable bonds is 4. The van der Waals surface area contributed by atoms with E-state index in [1.807, 2.05) is 19.0 Å².